The van der Waals surface area contributed by atoms with E-state index >= 15 is 0 Å². The van der Waals surface area contributed by atoms with Gasteiger partial charge in [0.1, 0.15) is 0 Å². The van der Waals surface area contributed by atoms with E-state index in [1.54, 1.807) is 0 Å². The van der Waals surface area contributed by atoms with Crippen molar-refractivity contribution in [2.24, 2.45) is 22.2 Å². The third-order valence-electron chi connectivity index (χ3n) is 4.17. The highest BCUT2D eigenvalue weighted by Crippen LogP contribution is 2.18. The normalized spacial score (nSPS) is 10.7. The van der Waals surface area contributed by atoms with Crippen LogP contribution >= 0.6 is 0 Å². The molecule has 46 heavy (non-hydrogen) atoms. The van der Waals surface area contributed by atoms with Crippen LogP contribution in [0.15, 0.2) is 4.99 Å². The minimum absolute atomic E-state index is 0.0289. The van der Waals surface area contributed by atoms with E-state index in [0.717, 1.165) is 0 Å². The summed E-state index contributed by atoms with van der Waals surface area (Å²) in [6, 6.07) is 0. The Bertz CT molecular complexity index is 1820. The van der Waals surface area contributed by atoms with Crippen LogP contribution in [-0.2, 0) is 0 Å². The fourth-order valence-electron chi connectivity index (χ4n) is 2.82. The third-order valence-corrected chi connectivity index (χ3v) is 4.17. The van der Waals surface area contributed by atoms with E-state index < -0.39 is 0 Å². The number of aliphatic imine (C=N–C) groups is 1. The monoisotopic (exact) mass is 638 g/mol. The molecule has 0 fully saturated rings. The van der Waals surface area contributed by atoms with Gasteiger partial charge >= 0.3 is 0 Å². The molecule has 1 aliphatic rings. The highest BCUT2D eigenvalue weighted by molar-refractivity contribution is 5.94. The minimum Gasteiger partial charge on any atom is -0.370 e. The van der Waals surface area contributed by atoms with Crippen molar-refractivity contribution < 1.29 is 0 Å². The lowest BCUT2D eigenvalue weighted by Crippen LogP contribution is -2.30. The van der Waals surface area contributed by atoms with Gasteiger partial charge in [0.2, 0.25) is 88.7 Å². The number of guanidine groups is 2. The zero-order valence-electron chi connectivity index (χ0n) is 23.1. The van der Waals surface area contributed by atoms with Gasteiger partial charge in [-0.3, -0.25) is 21.5 Å². The molecule has 26 N–H and O–H groups in total. The van der Waals surface area contributed by atoms with Crippen LogP contribution in [0.2, 0.25) is 0 Å². The Morgan fingerprint density at radius 2 is 0.913 bits per heavy atom. The Balaban J connectivity index is 0.000000184. The van der Waals surface area contributed by atoms with Gasteiger partial charge in [-0.15, -0.1) is 0 Å². The molecule has 5 aromatic rings. The van der Waals surface area contributed by atoms with Crippen LogP contribution < -0.4 is 79.3 Å². The standard InChI is InChI=1S/C6H9N11.C6H6N10.C3H6N6.CH5N3/c7-1-11-2(8)14-5(13-1)17-6-15-3(9)12-4(10)16-6;7-1-10-4-12-2(8)14-6-15-3(9)13-5(11-1)16(4)6;4-1-7-2(5)9-3(6)8-1;2-1(3)4/h(H9,7,8,9,10,11,12,13,14,15,16,17);(H6,7,8,9,10,11,12,13,14,15);(H6,4,5,6,7,8,9);(H5,2,3,4). The molecule has 0 saturated heterocycles. The molecular weight excluding hydrogens is 612 g/mol. The summed E-state index contributed by atoms with van der Waals surface area (Å²) in [5.41, 5.74) is 56.7. The summed E-state index contributed by atoms with van der Waals surface area (Å²) in [5, 5.41) is 18.8. The summed E-state index contributed by atoms with van der Waals surface area (Å²) in [4.78, 5) is 52.1. The number of nitrogens with one attached hydrogen (secondary N) is 4. The summed E-state index contributed by atoms with van der Waals surface area (Å²) < 4.78 is 1.42. The molecule has 30 nitrogen and oxygen atoms in total. The van der Waals surface area contributed by atoms with Gasteiger partial charge in [-0.05, 0) is 0 Å². The summed E-state index contributed by atoms with van der Waals surface area (Å²) in [5.74, 6) is 0.696. The maximum atomic E-state index is 7.38. The molecular formula is C16H26N30. The lowest BCUT2D eigenvalue weighted by Gasteiger charge is -2.14. The lowest BCUT2D eigenvalue weighted by molar-refractivity contribution is 0.862. The van der Waals surface area contributed by atoms with E-state index in [1.165, 1.54) is 4.40 Å². The van der Waals surface area contributed by atoms with Gasteiger partial charge in [0.15, 0.2) is 5.96 Å². The Labute approximate surface area is 253 Å². The molecule has 0 atom stereocenters. The molecule has 0 saturated carbocycles. The second-order valence-electron chi connectivity index (χ2n) is 7.75. The SMILES string of the molecule is N=C(N)N.N=c1nc2n3c(nc(N)nc3n1)NC(N)=N2.Nc1nc(N)nc(N)n1.Nc1nc(N)nc(Nc2nc(N)nc(N)n2)n1. The molecule has 5 aromatic heterocycles. The number of nitrogens with zero attached hydrogens (tertiary/aromatic N) is 15. The van der Waals surface area contributed by atoms with Crippen LogP contribution in [-0.4, -0.2) is 81.1 Å². The highest BCUT2D eigenvalue weighted by Gasteiger charge is 2.16. The molecule has 0 bridgehead atoms. The van der Waals surface area contributed by atoms with E-state index in [0.29, 0.717) is 5.95 Å². The maximum absolute atomic E-state index is 7.38. The van der Waals surface area contributed by atoms with Crippen LogP contribution in [0, 0.1) is 10.8 Å². The molecule has 6 rings (SSSR count). The number of hydrogen-bond acceptors (Lipinski definition) is 27. The first-order valence-corrected chi connectivity index (χ1v) is 11.6. The minimum atomic E-state index is -0.333. The molecule has 30 heteroatoms. The van der Waals surface area contributed by atoms with Gasteiger partial charge in [0, 0.05) is 0 Å². The largest absolute Gasteiger partial charge is 0.370 e. The zero-order valence-corrected chi connectivity index (χ0v) is 23.1. The molecule has 0 unspecified atom stereocenters. The van der Waals surface area contributed by atoms with E-state index in [-0.39, 0.29) is 88.7 Å². The van der Waals surface area contributed by atoms with Crippen LogP contribution in [0.3, 0.4) is 0 Å². The maximum Gasteiger partial charge on any atom is 0.248 e. The van der Waals surface area contributed by atoms with Gasteiger partial charge in [0.05, 0.1) is 0 Å². The molecule has 0 aromatic carbocycles. The van der Waals surface area contributed by atoms with Gasteiger partial charge in [-0.25, -0.2) is 4.40 Å². The Morgan fingerprint density at radius 3 is 1.33 bits per heavy atom. The fraction of sp³-hybridized carbons (Fsp3) is 0. The molecule has 0 amide bonds. The van der Waals surface area contributed by atoms with Crippen molar-refractivity contribution in [3.05, 3.63) is 5.62 Å². The van der Waals surface area contributed by atoms with Gasteiger partial charge < -0.3 is 63.1 Å². The molecule has 240 valence electrons. The first kappa shape index (κ1) is 32.4. The predicted molar refractivity (Wildman–Crippen MR) is 164 cm³/mol. The van der Waals surface area contributed by atoms with Gasteiger partial charge in [-0.1, -0.05) is 0 Å². The van der Waals surface area contributed by atoms with Crippen molar-refractivity contribution in [1.82, 2.24) is 69.2 Å². The van der Waals surface area contributed by atoms with Crippen molar-refractivity contribution in [1.29, 1.82) is 10.8 Å². The third kappa shape index (κ3) is 9.49. The topological polar surface area (TPSA) is 542 Å². The highest BCUT2D eigenvalue weighted by atomic mass is 15.4. The summed E-state index contributed by atoms with van der Waals surface area (Å²) in [6.07, 6.45) is 0. The molecule has 0 spiro atoms. The van der Waals surface area contributed by atoms with Gasteiger partial charge in [-0.2, -0.15) is 69.8 Å². The average molecular weight is 639 g/mol. The van der Waals surface area contributed by atoms with Crippen molar-refractivity contribution in [2.45, 2.75) is 0 Å². The first-order chi connectivity index (χ1) is 21.6. The number of hydrogen-bond donors (Lipinski definition) is 15. The quantitative estimate of drug-likeness (QED) is 0.0631. The summed E-state index contributed by atoms with van der Waals surface area (Å²) >= 11 is 0. The van der Waals surface area contributed by atoms with E-state index in [4.69, 9.17) is 62.4 Å². The van der Waals surface area contributed by atoms with Crippen LogP contribution in [0.4, 0.5) is 71.4 Å². The number of nitrogen functional groups attached to an aromatic ring is 8. The van der Waals surface area contributed by atoms with Gasteiger partial charge in [0.25, 0.3) is 0 Å². The second kappa shape index (κ2) is 13.7. The Hall–Kier alpha value is -8.08. The molecule has 1 aliphatic heterocycles. The Kier molecular flexibility index (Phi) is 9.68. The number of aromatic nitrogens is 14. The second-order valence-corrected chi connectivity index (χ2v) is 7.75. The van der Waals surface area contributed by atoms with E-state index in [1.807, 2.05) is 0 Å². The summed E-state index contributed by atoms with van der Waals surface area (Å²) in [6.45, 7) is 0. The summed E-state index contributed by atoms with van der Waals surface area (Å²) in [7, 11) is 0. The molecule has 0 aliphatic carbocycles. The predicted octanol–water partition coefficient (Wildman–Crippen LogP) is -6.46. The Morgan fingerprint density at radius 1 is 0.543 bits per heavy atom. The molecule has 0 radical (unpaired) electrons. The van der Waals surface area contributed by atoms with Crippen LogP contribution in [0.25, 0.3) is 5.78 Å². The van der Waals surface area contributed by atoms with Crippen molar-refractivity contribution in [2.75, 3.05) is 56.5 Å². The first-order valence-electron chi connectivity index (χ1n) is 11.6. The smallest absolute Gasteiger partial charge is 0.248 e. The van der Waals surface area contributed by atoms with Crippen LogP contribution in [0.1, 0.15) is 0 Å². The fourth-order valence-corrected chi connectivity index (χ4v) is 2.82. The van der Waals surface area contributed by atoms with Crippen molar-refractivity contribution in [3.63, 3.8) is 0 Å². The van der Waals surface area contributed by atoms with E-state index in [2.05, 4.69) is 91.9 Å². The van der Waals surface area contributed by atoms with Crippen LogP contribution in [0.5, 0.6) is 0 Å². The molecule has 6 heterocycles. The average Bonchev–Trinajstić information content (AvgIpc) is 2.86. The number of nitrogens with two attached hydrogens (primary N) is 11. The number of rotatable bonds is 2. The van der Waals surface area contributed by atoms with Crippen molar-refractivity contribution in [3.8, 4) is 0 Å². The lowest BCUT2D eigenvalue weighted by atomic mass is 10.7. The number of anilines is 11. The zero-order chi connectivity index (χ0) is 34.1. The van der Waals surface area contributed by atoms with E-state index in [9.17, 15) is 0 Å². The van der Waals surface area contributed by atoms with Crippen molar-refractivity contribution >= 4 is 89.1 Å².